The standard InChI is InChI=1S/C14H10FN3O/c1-9-5-11(7-12(15)6-9)14-17-13(18-19-14)10-3-2-4-16-8-10/h2-8H,1H3. The maximum atomic E-state index is 13.3. The zero-order valence-electron chi connectivity index (χ0n) is 10.2. The Bertz CT molecular complexity index is 689. The fourth-order valence-electron chi connectivity index (χ4n) is 1.81. The zero-order valence-corrected chi connectivity index (χ0v) is 10.2. The van der Waals surface area contributed by atoms with Gasteiger partial charge in [0.15, 0.2) is 0 Å². The molecule has 0 radical (unpaired) electrons. The van der Waals surface area contributed by atoms with Gasteiger partial charge in [0.05, 0.1) is 0 Å². The van der Waals surface area contributed by atoms with Crippen LogP contribution in [0.5, 0.6) is 0 Å². The highest BCUT2D eigenvalue weighted by Gasteiger charge is 2.11. The van der Waals surface area contributed by atoms with Crippen molar-refractivity contribution in [2.45, 2.75) is 6.92 Å². The molecule has 0 aliphatic carbocycles. The molecular weight excluding hydrogens is 245 g/mol. The predicted octanol–water partition coefficient (Wildman–Crippen LogP) is 3.25. The minimum atomic E-state index is -0.323. The van der Waals surface area contributed by atoms with E-state index in [0.29, 0.717) is 17.3 Å². The number of aromatic nitrogens is 3. The first kappa shape index (κ1) is 11.5. The zero-order chi connectivity index (χ0) is 13.2. The number of hydrogen-bond donors (Lipinski definition) is 0. The molecule has 0 fully saturated rings. The van der Waals surface area contributed by atoms with E-state index in [9.17, 15) is 4.39 Å². The Morgan fingerprint density at radius 1 is 1.16 bits per heavy atom. The van der Waals surface area contributed by atoms with Crippen LogP contribution in [0.15, 0.2) is 47.2 Å². The van der Waals surface area contributed by atoms with E-state index in [1.807, 2.05) is 13.0 Å². The van der Waals surface area contributed by atoms with Crippen molar-refractivity contribution in [1.29, 1.82) is 0 Å². The van der Waals surface area contributed by atoms with E-state index in [1.165, 1.54) is 12.1 Å². The first-order chi connectivity index (χ1) is 9.22. The molecule has 0 amide bonds. The van der Waals surface area contributed by atoms with Crippen molar-refractivity contribution in [2.75, 3.05) is 0 Å². The van der Waals surface area contributed by atoms with Gasteiger partial charge in [0.25, 0.3) is 5.89 Å². The quantitative estimate of drug-likeness (QED) is 0.705. The van der Waals surface area contributed by atoms with Crippen molar-refractivity contribution in [2.24, 2.45) is 0 Å². The van der Waals surface area contributed by atoms with Gasteiger partial charge in [0, 0.05) is 23.5 Å². The fraction of sp³-hybridized carbons (Fsp3) is 0.0714. The SMILES string of the molecule is Cc1cc(F)cc(-c2nc(-c3cccnc3)no2)c1. The minimum absolute atomic E-state index is 0.293. The molecule has 0 N–H and O–H groups in total. The Hall–Kier alpha value is -2.56. The van der Waals surface area contributed by atoms with E-state index in [4.69, 9.17) is 4.52 Å². The van der Waals surface area contributed by atoms with Crippen molar-refractivity contribution in [3.8, 4) is 22.8 Å². The monoisotopic (exact) mass is 255 g/mol. The summed E-state index contributed by atoms with van der Waals surface area (Å²) in [5.41, 5.74) is 2.13. The molecule has 2 heterocycles. The molecule has 0 unspecified atom stereocenters. The van der Waals surface area contributed by atoms with Crippen LogP contribution in [-0.2, 0) is 0 Å². The summed E-state index contributed by atoms with van der Waals surface area (Å²) in [6.45, 7) is 1.81. The first-order valence-corrected chi connectivity index (χ1v) is 5.74. The summed E-state index contributed by atoms with van der Waals surface area (Å²) >= 11 is 0. The highest BCUT2D eigenvalue weighted by Crippen LogP contribution is 2.23. The average molecular weight is 255 g/mol. The predicted molar refractivity (Wildman–Crippen MR) is 67.7 cm³/mol. The van der Waals surface area contributed by atoms with Gasteiger partial charge in [-0.15, -0.1) is 0 Å². The van der Waals surface area contributed by atoms with Crippen LogP contribution in [0.3, 0.4) is 0 Å². The van der Waals surface area contributed by atoms with E-state index in [0.717, 1.165) is 11.1 Å². The van der Waals surface area contributed by atoms with Gasteiger partial charge < -0.3 is 4.52 Å². The minimum Gasteiger partial charge on any atom is -0.334 e. The molecule has 0 saturated heterocycles. The lowest BCUT2D eigenvalue weighted by molar-refractivity contribution is 0.432. The number of hydrogen-bond acceptors (Lipinski definition) is 4. The van der Waals surface area contributed by atoms with Crippen molar-refractivity contribution in [3.63, 3.8) is 0 Å². The third-order valence-electron chi connectivity index (χ3n) is 2.63. The molecule has 5 heteroatoms. The summed E-state index contributed by atoms with van der Waals surface area (Å²) in [4.78, 5) is 8.24. The Kier molecular flexibility index (Phi) is 2.79. The largest absolute Gasteiger partial charge is 0.334 e. The molecule has 0 bridgehead atoms. The Morgan fingerprint density at radius 2 is 2.05 bits per heavy atom. The lowest BCUT2D eigenvalue weighted by Crippen LogP contribution is -1.84. The summed E-state index contributed by atoms with van der Waals surface area (Å²) in [6.07, 6.45) is 3.31. The van der Waals surface area contributed by atoms with Crippen molar-refractivity contribution >= 4 is 0 Å². The second-order valence-corrected chi connectivity index (χ2v) is 4.18. The molecule has 0 aliphatic rings. The summed E-state index contributed by atoms with van der Waals surface area (Å²) in [7, 11) is 0. The van der Waals surface area contributed by atoms with Gasteiger partial charge in [0.1, 0.15) is 5.82 Å². The average Bonchev–Trinajstić information content (AvgIpc) is 2.88. The Balaban J connectivity index is 2.02. The molecule has 94 valence electrons. The number of pyridine rings is 1. The molecule has 19 heavy (non-hydrogen) atoms. The van der Waals surface area contributed by atoms with Gasteiger partial charge in [-0.1, -0.05) is 5.16 Å². The summed E-state index contributed by atoms with van der Waals surface area (Å²) < 4.78 is 18.5. The van der Waals surface area contributed by atoms with Gasteiger partial charge in [-0.05, 0) is 42.8 Å². The highest BCUT2D eigenvalue weighted by atomic mass is 19.1. The molecule has 0 spiro atoms. The Labute approximate surface area is 108 Å². The van der Waals surface area contributed by atoms with Crippen molar-refractivity contribution in [3.05, 3.63) is 54.1 Å². The lowest BCUT2D eigenvalue weighted by atomic mass is 10.1. The molecule has 3 rings (SSSR count). The van der Waals surface area contributed by atoms with Gasteiger partial charge in [0.2, 0.25) is 5.82 Å². The van der Waals surface area contributed by atoms with Gasteiger partial charge in [-0.25, -0.2) is 4.39 Å². The van der Waals surface area contributed by atoms with E-state index < -0.39 is 0 Å². The van der Waals surface area contributed by atoms with Crippen LogP contribution in [0.25, 0.3) is 22.8 Å². The van der Waals surface area contributed by atoms with Crippen LogP contribution in [0, 0.1) is 12.7 Å². The van der Waals surface area contributed by atoms with E-state index in [-0.39, 0.29) is 5.82 Å². The molecule has 3 aromatic rings. The topological polar surface area (TPSA) is 51.8 Å². The molecule has 4 nitrogen and oxygen atoms in total. The van der Waals surface area contributed by atoms with Crippen molar-refractivity contribution < 1.29 is 8.91 Å². The number of benzene rings is 1. The number of aryl methyl sites for hydroxylation is 1. The third kappa shape index (κ3) is 2.35. The van der Waals surface area contributed by atoms with Gasteiger partial charge in [-0.3, -0.25) is 4.98 Å². The van der Waals surface area contributed by atoms with Gasteiger partial charge in [-0.2, -0.15) is 4.98 Å². The van der Waals surface area contributed by atoms with Crippen LogP contribution >= 0.6 is 0 Å². The fourth-order valence-corrected chi connectivity index (χ4v) is 1.81. The molecule has 0 aliphatic heterocycles. The van der Waals surface area contributed by atoms with Crippen LogP contribution in [0.1, 0.15) is 5.56 Å². The van der Waals surface area contributed by atoms with E-state index >= 15 is 0 Å². The van der Waals surface area contributed by atoms with Crippen LogP contribution in [0.4, 0.5) is 4.39 Å². The third-order valence-corrected chi connectivity index (χ3v) is 2.63. The molecule has 1 aromatic carbocycles. The summed E-state index contributed by atoms with van der Waals surface area (Å²) in [5, 5.41) is 3.87. The Morgan fingerprint density at radius 3 is 2.79 bits per heavy atom. The molecular formula is C14H10FN3O. The first-order valence-electron chi connectivity index (χ1n) is 5.74. The van der Waals surface area contributed by atoms with Gasteiger partial charge >= 0.3 is 0 Å². The molecule has 0 atom stereocenters. The smallest absolute Gasteiger partial charge is 0.258 e. The maximum Gasteiger partial charge on any atom is 0.258 e. The number of nitrogens with zero attached hydrogens (tertiary/aromatic N) is 3. The summed E-state index contributed by atoms with van der Waals surface area (Å²) in [5.74, 6) is 0.405. The van der Waals surface area contributed by atoms with Crippen LogP contribution in [0.2, 0.25) is 0 Å². The molecule has 2 aromatic heterocycles. The van der Waals surface area contributed by atoms with E-state index in [2.05, 4.69) is 15.1 Å². The van der Waals surface area contributed by atoms with E-state index in [1.54, 1.807) is 24.5 Å². The summed E-state index contributed by atoms with van der Waals surface area (Å²) in [6, 6.07) is 8.23. The van der Waals surface area contributed by atoms with Crippen LogP contribution < -0.4 is 0 Å². The maximum absolute atomic E-state index is 13.3. The lowest BCUT2D eigenvalue weighted by Gasteiger charge is -1.97. The number of rotatable bonds is 2. The van der Waals surface area contributed by atoms with Crippen LogP contribution in [-0.4, -0.2) is 15.1 Å². The second kappa shape index (κ2) is 4.61. The molecule has 0 saturated carbocycles. The second-order valence-electron chi connectivity index (χ2n) is 4.18. The number of halogens is 1. The normalized spacial score (nSPS) is 10.6. The van der Waals surface area contributed by atoms with Crippen molar-refractivity contribution in [1.82, 2.24) is 15.1 Å². The highest BCUT2D eigenvalue weighted by molar-refractivity contribution is 5.59.